The SMILES string of the molecule is C.C=C.CC(C)(COO)SC(=S)SC(C)(C)C(=O)O. The summed E-state index contributed by atoms with van der Waals surface area (Å²) >= 11 is 7.55. The number of rotatable bonds is 5. The minimum absolute atomic E-state index is 0. The first-order valence-electron chi connectivity index (χ1n) is 5.02. The fraction of sp³-hybridized carbons (Fsp3) is 0.667. The van der Waals surface area contributed by atoms with Crippen LogP contribution in [0.3, 0.4) is 0 Å². The first kappa shape index (κ1) is 24.0. The normalized spacial score (nSPS) is 10.8. The highest BCUT2D eigenvalue weighted by Crippen LogP contribution is 2.36. The van der Waals surface area contributed by atoms with E-state index in [2.05, 4.69) is 18.0 Å². The average Bonchev–Trinajstić information content (AvgIpc) is 2.17. The molecule has 0 radical (unpaired) electrons. The lowest BCUT2D eigenvalue weighted by Crippen LogP contribution is -2.29. The van der Waals surface area contributed by atoms with Crippen molar-refractivity contribution in [2.75, 3.05) is 6.61 Å². The molecule has 114 valence electrons. The third kappa shape index (κ3) is 11.4. The van der Waals surface area contributed by atoms with Gasteiger partial charge < -0.3 is 5.11 Å². The Morgan fingerprint density at radius 3 is 2.00 bits per heavy atom. The second kappa shape index (κ2) is 10.7. The van der Waals surface area contributed by atoms with E-state index in [1.807, 2.05) is 13.8 Å². The van der Waals surface area contributed by atoms with Crippen molar-refractivity contribution in [1.82, 2.24) is 0 Å². The van der Waals surface area contributed by atoms with Gasteiger partial charge in [0.2, 0.25) is 0 Å². The van der Waals surface area contributed by atoms with Crippen LogP contribution in [-0.2, 0) is 9.68 Å². The molecule has 0 rings (SSSR count). The van der Waals surface area contributed by atoms with Gasteiger partial charge in [0.25, 0.3) is 0 Å². The van der Waals surface area contributed by atoms with Gasteiger partial charge in [0.05, 0.1) is 6.61 Å². The first-order valence-corrected chi connectivity index (χ1v) is 7.06. The molecule has 0 aliphatic rings. The highest BCUT2D eigenvalue weighted by Gasteiger charge is 2.32. The van der Waals surface area contributed by atoms with Crippen molar-refractivity contribution in [1.29, 1.82) is 0 Å². The van der Waals surface area contributed by atoms with Crippen molar-refractivity contribution in [2.24, 2.45) is 0 Å². The predicted octanol–water partition coefficient (Wildman–Crippen LogP) is 4.31. The molecule has 0 aromatic rings. The molecule has 0 aromatic heterocycles. The lowest BCUT2D eigenvalue weighted by atomic mass is 10.2. The van der Waals surface area contributed by atoms with Gasteiger partial charge in [-0.15, -0.1) is 13.2 Å². The molecule has 0 fully saturated rings. The molecule has 0 saturated heterocycles. The maximum atomic E-state index is 10.9. The zero-order valence-electron chi connectivity index (χ0n) is 11.1. The molecule has 0 saturated carbocycles. The number of aliphatic carboxylic acids is 1. The van der Waals surface area contributed by atoms with Crippen LogP contribution < -0.4 is 0 Å². The summed E-state index contributed by atoms with van der Waals surface area (Å²) in [7, 11) is 0. The van der Waals surface area contributed by atoms with E-state index in [0.717, 1.165) is 11.8 Å². The third-order valence-electron chi connectivity index (χ3n) is 1.63. The zero-order chi connectivity index (χ0) is 15.0. The van der Waals surface area contributed by atoms with E-state index >= 15 is 0 Å². The second-order valence-corrected chi connectivity index (χ2v) is 8.84. The van der Waals surface area contributed by atoms with Crippen LogP contribution in [0.25, 0.3) is 0 Å². The number of hydrogen-bond acceptors (Lipinski definition) is 6. The summed E-state index contributed by atoms with van der Waals surface area (Å²) in [6.07, 6.45) is 0. The number of thioether (sulfide) groups is 2. The minimum atomic E-state index is -0.944. The van der Waals surface area contributed by atoms with E-state index in [-0.39, 0.29) is 18.8 Å². The van der Waals surface area contributed by atoms with Crippen LogP contribution in [0.5, 0.6) is 0 Å². The van der Waals surface area contributed by atoms with Gasteiger partial charge >= 0.3 is 5.97 Å². The fourth-order valence-electron chi connectivity index (χ4n) is 0.683. The molecule has 19 heavy (non-hydrogen) atoms. The van der Waals surface area contributed by atoms with Gasteiger partial charge in [-0.1, -0.05) is 43.2 Å². The molecule has 0 aliphatic heterocycles. The van der Waals surface area contributed by atoms with E-state index < -0.39 is 10.7 Å². The van der Waals surface area contributed by atoms with Crippen LogP contribution in [0, 0.1) is 0 Å². The van der Waals surface area contributed by atoms with Gasteiger partial charge in [-0.25, -0.2) is 4.89 Å². The molecule has 7 heteroatoms. The molecule has 0 amide bonds. The van der Waals surface area contributed by atoms with Crippen molar-refractivity contribution in [3.05, 3.63) is 13.2 Å². The summed E-state index contributed by atoms with van der Waals surface area (Å²) in [5.74, 6) is -0.906. The minimum Gasteiger partial charge on any atom is -0.480 e. The monoisotopic (exact) mass is 328 g/mol. The van der Waals surface area contributed by atoms with Crippen LogP contribution in [-0.4, -0.2) is 36.0 Å². The third-order valence-corrected chi connectivity index (χ3v) is 4.31. The summed E-state index contributed by atoms with van der Waals surface area (Å²) in [5, 5.41) is 17.3. The quantitative estimate of drug-likeness (QED) is 0.337. The van der Waals surface area contributed by atoms with Gasteiger partial charge in [0.1, 0.15) is 8.28 Å². The molecule has 0 unspecified atom stereocenters. The van der Waals surface area contributed by atoms with Crippen LogP contribution in [0.15, 0.2) is 13.2 Å². The molecular weight excluding hydrogens is 304 g/mol. The molecule has 2 N–H and O–H groups in total. The van der Waals surface area contributed by atoms with Gasteiger partial charge in [-0.05, 0) is 27.7 Å². The highest BCUT2D eigenvalue weighted by molar-refractivity contribution is 8.48. The molecule has 0 atom stereocenters. The molecule has 0 spiro atoms. The maximum Gasteiger partial charge on any atom is 0.319 e. The van der Waals surface area contributed by atoms with Gasteiger partial charge in [0.15, 0.2) is 0 Å². The Morgan fingerprint density at radius 1 is 1.26 bits per heavy atom. The summed E-state index contributed by atoms with van der Waals surface area (Å²) in [5.41, 5.74) is 0. The zero-order valence-corrected chi connectivity index (χ0v) is 13.5. The van der Waals surface area contributed by atoms with Crippen LogP contribution in [0.4, 0.5) is 0 Å². The van der Waals surface area contributed by atoms with Crippen LogP contribution in [0.2, 0.25) is 0 Å². The van der Waals surface area contributed by atoms with Crippen molar-refractivity contribution in [3.8, 4) is 0 Å². The topological polar surface area (TPSA) is 66.8 Å². The van der Waals surface area contributed by atoms with Crippen molar-refractivity contribution in [2.45, 2.75) is 44.6 Å². The first-order chi connectivity index (χ1) is 8.10. The predicted molar refractivity (Wildman–Crippen MR) is 90.1 cm³/mol. The van der Waals surface area contributed by atoms with Gasteiger partial charge in [0, 0.05) is 4.75 Å². The molecule has 0 heterocycles. The van der Waals surface area contributed by atoms with Gasteiger partial charge in [-0.2, -0.15) is 0 Å². The summed E-state index contributed by atoms with van der Waals surface area (Å²) < 4.78 is -0.803. The van der Waals surface area contributed by atoms with Crippen LogP contribution in [0.1, 0.15) is 35.1 Å². The van der Waals surface area contributed by atoms with Gasteiger partial charge in [-0.3, -0.25) is 10.1 Å². The summed E-state index contributed by atoms with van der Waals surface area (Å²) in [6, 6.07) is 0. The number of thiocarbonyl (C=S) groups is 1. The van der Waals surface area contributed by atoms with E-state index in [1.54, 1.807) is 13.8 Å². The van der Waals surface area contributed by atoms with E-state index in [9.17, 15) is 4.79 Å². The molecule has 0 bridgehead atoms. The lowest BCUT2D eigenvalue weighted by molar-refractivity contribution is -0.245. The van der Waals surface area contributed by atoms with Crippen molar-refractivity contribution >= 4 is 45.2 Å². The largest absolute Gasteiger partial charge is 0.480 e. The van der Waals surface area contributed by atoms with Crippen LogP contribution >= 0.6 is 35.7 Å². The highest BCUT2D eigenvalue weighted by atomic mass is 32.2. The Kier molecular flexibility index (Phi) is 13.5. The molecule has 0 aliphatic carbocycles. The molecule has 0 aromatic carbocycles. The van der Waals surface area contributed by atoms with Crippen molar-refractivity contribution < 1.29 is 20.0 Å². The Labute approximate surface area is 129 Å². The molecular formula is C12H24O4S3. The Hall–Kier alpha value is -0.0800. The lowest BCUT2D eigenvalue weighted by Gasteiger charge is -2.24. The second-order valence-electron chi connectivity index (χ2n) is 4.30. The smallest absolute Gasteiger partial charge is 0.319 e. The average molecular weight is 329 g/mol. The van der Waals surface area contributed by atoms with E-state index in [0.29, 0.717) is 3.53 Å². The maximum absolute atomic E-state index is 10.9. The number of hydrogen-bond donors (Lipinski definition) is 2. The standard InChI is InChI=1S/C9H16O4S3.C2H4.CH4/c1-8(2,5-13-12)15-7(14)16-9(3,4)6(10)11;1-2;/h12H,5H2,1-4H3,(H,10,11);1-2H2;1H4. The summed E-state index contributed by atoms with van der Waals surface area (Å²) in [4.78, 5) is 15.0. The van der Waals surface area contributed by atoms with E-state index in [4.69, 9.17) is 22.6 Å². The van der Waals surface area contributed by atoms with Crippen molar-refractivity contribution in [3.63, 3.8) is 0 Å². The number of carboxylic acids is 1. The fourth-order valence-corrected chi connectivity index (χ4v) is 4.52. The van der Waals surface area contributed by atoms with E-state index in [1.165, 1.54) is 11.8 Å². The Balaban J connectivity index is -0.000000809. The Morgan fingerprint density at radius 2 is 1.68 bits per heavy atom. The molecule has 4 nitrogen and oxygen atoms in total. The summed E-state index contributed by atoms with van der Waals surface area (Å²) in [6.45, 7) is 13.0. The number of carboxylic acid groups (broad SMARTS) is 1. The Bertz CT molecular complexity index is 291. The number of carbonyl (C=O) groups is 1.